The summed E-state index contributed by atoms with van der Waals surface area (Å²) in [5.74, 6) is -0.122. The minimum absolute atomic E-state index is 0.00899. The van der Waals surface area contributed by atoms with E-state index in [9.17, 15) is 9.90 Å². The molecule has 174 valence electrons. The van der Waals surface area contributed by atoms with Gasteiger partial charge in [0.1, 0.15) is 11.5 Å². The molecule has 0 amide bonds. The lowest BCUT2D eigenvalue weighted by molar-refractivity contribution is 0.503. The van der Waals surface area contributed by atoms with Crippen molar-refractivity contribution in [3.05, 3.63) is 88.2 Å². The molecular formula is C27H29N5O2. The standard InChI is InChI=1S/C27H29N5O2/c28-23(19-7-5-18(6-8-19)14-30-21-10-11-21)13-26(33)25-16-29-15-24(31-25)20-9-12-27(34)32(17-20)22-3-1-2-4-22/h5-9,12-13,15-17,21-22,28,30,33H,1-4,10-11,14H2/b26-13-,28-23?. The predicted molar refractivity (Wildman–Crippen MR) is 133 cm³/mol. The van der Waals surface area contributed by atoms with Crippen LogP contribution in [0.5, 0.6) is 0 Å². The summed E-state index contributed by atoms with van der Waals surface area (Å²) in [5, 5.41) is 22.5. The van der Waals surface area contributed by atoms with Crippen LogP contribution in [0.3, 0.4) is 0 Å². The van der Waals surface area contributed by atoms with Crippen molar-refractivity contribution in [1.82, 2.24) is 19.9 Å². The fourth-order valence-electron chi connectivity index (χ4n) is 4.40. The normalized spacial score (nSPS) is 16.6. The van der Waals surface area contributed by atoms with Crippen molar-refractivity contribution >= 4 is 11.5 Å². The molecule has 0 aliphatic heterocycles. The Kier molecular flexibility index (Phi) is 6.36. The Morgan fingerprint density at radius 2 is 1.85 bits per heavy atom. The monoisotopic (exact) mass is 455 g/mol. The fourth-order valence-corrected chi connectivity index (χ4v) is 4.40. The van der Waals surface area contributed by atoms with E-state index in [1.54, 1.807) is 22.9 Å². The third kappa shape index (κ3) is 5.15. The number of allylic oxidation sites excluding steroid dienone is 1. The number of aliphatic hydroxyl groups excluding tert-OH is 1. The first-order valence-electron chi connectivity index (χ1n) is 11.9. The van der Waals surface area contributed by atoms with Gasteiger partial charge < -0.3 is 20.4 Å². The molecule has 7 heteroatoms. The lowest BCUT2D eigenvalue weighted by Crippen LogP contribution is -2.22. The molecule has 7 nitrogen and oxygen atoms in total. The fraction of sp³-hybridized carbons (Fsp3) is 0.333. The van der Waals surface area contributed by atoms with Crippen LogP contribution in [0.4, 0.5) is 0 Å². The van der Waals surface area contributed by atoms with Crippen LogP contribution in [0.15, 0.2) is 65.9 Å². The quantitative estimate of drug-likeness (QED) is 0.339. The van der Waals surface area contributed by atoms with Crippen LogP contribution in [0.25, 0.3) is 17.0 Å². The average Bonchev–Trinajstić information content (AvgIpc) is 3.54. The summed E-state index contributed by atoms with van der Waals surface area (Å²) in [5.41, 5.74) is 3.71. The lowest BCUT2D eigenvalue weighted by atomic mass is 10.1. The number of nitrogens with one attached hydrogen (secondary N) is 2. The Hall–Kier alpha value is -3.58. The zero-order chi connectivity index (χ0) is 23.5. The summed E-state index contributed by atoms with van der Waals surface area (Å²) < 4.78 is 1.80. The Bertz CT molecular complexity index is 1270. The van der Waals surface area contributed by atoms with Gasteiger partial charge in [-0.25, -0.2) is 4.98 Å². The summed E-state index contributed by atoms with van der Waals surface area (Å²) in [4.78, 5) is 21.1. The SMILES string of the molecule is N=C(/C=C(\O)c1cncc(-c2ccc(=O)n(C3CCCC3)c2)n1)c1ccc(CNC2CC2)cc1. The lowest BCUT2D eigenvalue weighted by Gasteiger charge is -2.14. The minimum atomic E-state index is -0.122. The van der Waals surface area contributed by atoms with Crippen LogP contribution < -0.4 is 10.9 Å². The second-order valence-electron chi connectivity index (χ2n) is 9.19. The van der Waals surface area contributed by atoms with Crippen molar-refractivity contribution in [3.8, 4) is 11.3 Å². The zero-order valence-electron chi connectivity index (χ0n) is 19.1. The van der Waals surface area contributed by atoms with Gasteiger partial charge in [-0.05, 0) is 42.9 Å². The molecule has 0 saturated heterocycles. The molecule has 0 radical (unpaired) electrons. The molecule has 5 rings (SSSR count). The summed E-state index contributed by atoms with van der Waals surface area (Å²) in [7, 11) is 0. The summed E-state index contributed by atoms with van der Waals surface area (Å²) in [6.45, 7) is 0.829. The van der Waals surface area contributed by atoms with Crippen LogP contribution in [0.2, 0.25) is 0 Å². The van der Waals surface area contributed by atoms with Gasteiger partial charge in [-0.15, -0.1) is 0 Å². The third-order valence-electron chi connectivity index (χ3n) is 6.57. The molecule has 2 aliphatic carbocycles. The van der Waals surface area contributed by atoms with E-state index < -0.39 is 0 Å². The van der Waals surface area contributed by atoms with E-state index in [1.165, 1.54) is 30.7 Å². The second-order valence-corrected chi connectivity index (χ2v) is 9.19. The maximum atomic E-state index is 12.4. The van der Waals surface area contributed by atoms with Gasteiger partial charge in [-0.1, -0.05) is 37.1 Å². The smallest absolute Gasteiger partial charge is 0.250 e. The third-order valence-corrected chi connectivity index (χ3v) is 6.57. The molecule has 3 aromatic rings. The summed E-state index contributed by atoms with van der Waals surface area (Å²) in [6.07, 6.45) is 13.1. The molecule has 3 N–H and O–H groups in total. The number of aromatic nitrogens is 3. The molecule has 0 spiro atoms. The van der Waals surface area contributed by atoms with E-state index >= 15 is 0 Å². The highest BCUT2D eigenvalue weighted by Crippen LogP contribution is 2.29. The highest BCUT2D eigenvalue weighted by molar-refractivity contribution is 6.09. The predicted octanol–water partition coefficient (Wildman–Crippen LogP) is 4.64. The number of aliphatic hydroxyl groups is 1. The molecule has 2 heterocycles. The van der Waals surface area contributed by atoms with Crippen LogP contribution in [-0.2, 0) is 6.54 Å². The number of hydrogen-bond donors (Lipinski definition) is 3. The summed E-state index contributed by atoms with van der Waals surface area (Å²) >= 11 is 0. The zero-order valence-corrected chi connectivity index (χ0v) is 19.1. The highest BCUT2D eigenvalue weighted by Gasteiger charge is 2.20. The number of pyridine rings is 1. The molecule has 1 aromatic carbocycles. The van der Waals surface area contributed by atoms with E-state index in [4.69, 9.17) is 5.41 Å². The van der Waals surface area contributed by atoms with Gasteiger partial charge in [0.2, 0.25) is 0 Å². The van der Waals surface area contributed by atoms with E-state index in [1.807, 2.05) is 30.5 Å². The van der Waals surface area contributed by atoms with Crippen molar-refractivity contribution in [1.29, 1.82) is 5.41 Å². The largest absolute Gasteiger partial charge is 0.506 e. The maximum Gasteiger partial charge on any atom is 0.250 e. The van der Waals surface area contributed by atoms with Gasteiger partial charge in [0.25, 0.3) is 5.56 Å². The first kappa shape index (κ1) is 22.2. The van der Waals surface area contributed by atoms with Crippen molar-refractivity contribution in [2.75, 3.05) is 0 Å². The topological polar surface area (TPSA) is 104 Å². The Morgan fingerprint density at radius 1 is 1.09 bits per heavy atom. The van der Waals surface area contributed by atoms with E-state index in [0.29, 0.717) is 11.7 Å². The second kappa shape index (κ2) is 9.73. The Labute approximate surface area is 198 Å². The molecule has 2 fully saturated rings. The Morgan fingerprint density at radius 3 is 2.59 bits per heavy atom. The van der Waals surface area contributed by atoms with Gasteiger partial charge in [0.15, 0.2) is 0 Å². The van der Waals surface area contributed by atoms with Crippen molar-refractivity contribution < 1.29 is 5.11 Å². The number of rotatable bonds is 8. The van der Waals surface area contributed by atoms with Crippen LogP contribution in [-0.4, -0.2) is 31.4 Å². The molecule has 0 bridgehead atoms. The molecular weight excluding hydrogens is 426 g/mol. The molecule has 34 heavy (non-hydrogen) atoms. The van der Waals surface area contributed by atoms with Gasteiger partial charge >= 0.3 is 0 Å². The highest BCUT2D eigenvalue weighted by atomic mass is 16.3. The van der Waals surface area contributed by atoms with E-state index in [0.717, 1.165) is 43.4 Å². The number of hydrogen-bond acceptors (Lipinski definition) is 6. The van der Waals surface area contributed by atoms with Crippen LogP contribution in [0, 0.1) is 5.41 Å². The van der Waals surface area contributed by atoms with Crippen molar-refractivity contribution in [2.45, 2.75) is 57.2 Å². The van der Waals surface area contributed by atoms with Gasteiger partial charge in [0, 0.05) is 42.5 Å². The van der Waals surface area contributed by atoms with Crippen LogP contribution in [0.1, 0.15) is 61.4 Å². The minimum Gasteiger partial charge on any atom is -0.506 e. The summed E-state index contributed by atoms with van der Waals surface area (Å²) in [6, 6.07) is 12.0. The number of benzene rings is 1. The average molecular weight is 456 g/mol. The maximum absolute atomic E-state index is 12.4. The van der Waals surface area contributed by atoms with Gasteiger partial charge in [-0.3, -0.25) is 9.78 Å². The van der Waals surface area contributed by atoms with Crippen molar-refractivity contribution in [2.24, 2.45) is 0 Å². The molecule has 2 aromatic heterocycles. The number of nitrogens with zero attached hydrogens (tertiary/aromatic N) is 3. The molecule has 0 unspecified atom stereocenters. The molecule has 2 saturated carbocycles. The first-order valence-corrected chi connectivity index (χ1v) is 11.9. The molecule has 2 aliphatic rings. The van der Waals surface area contributed by atoms with Gasteiger partial charge in [-0.2, -0.15) is 0 Å². The van der Waals surface area contributed by atoms with E-state index in [-0.39, 0.29) is 28.8 Å². The van der Waals surface area contributed by atoms with Gasteiger partial charge in [0.05, 0.1) is 23.8 Å². The van der Waals surface area contributed by atoms with E-state index in [2.05, 4.69) is 15.3 Å². The first-order chi connectivity index (χ1) is 16.6. The van der Waals surface area contributed by atoms with Crippen LogP contribution >= 0.6 is 0 Å². The molecule has 0 atom stereocenters. The Balaban J connectivity index is 1.33. The van der Waals surface area contributed by atoms with Crippen molar-refractivity contribution in [3.63, 3.8) is 0 Å².